The van der Waals surface area contributed by atoms with Gasteiger partial charge in [0.1, 0.15) is 5.75 Å². The molecule has 0 atom stereocenters. The van der Waals surface area contributed by atoms with E-state index in [1.807, 2.05) is 25.1 Å². The van der Waals surface area contributed by atoms with Crippen molar-refractivity contribution in [1.82, 2.24) is 0 Å². The maximum atomic E-state index is 12.0. The van der Waals surface area contributed by atoms with Crippen molar-refractivity contribution in [2.24, 2.45) is 0 Å². The molecule has 2 aromatic rings. The summed E-state index contributed by atoms with van der Waals surface area (Å²) < 4.78 is 10.3. The van der Waals surface area contributed by atoms with Gasteiger partial charge in [-0.05, 0) is 37.1 Å². The molecule has 106 valence electrons. The van der Waals surface area contributed by atoms with E-state index in [4.69, 9.17) is 15.2 Å². The molecule has 2 N–H and O–H groups in total. The molecule has 1 heterocycles. The Bertz CT molecular complexity index is 634. The smallest absolute Gasteiger partial charge is 0.339 e. The SMILES string of the molecule is CCOC(=O)c1csc(N)c1-c1ccc(OC)cc1C. The first-order valence-corrected chi connectivity index (χ1v) is 7.15. The summed E-state index contributed by atoms with van der Waals surface area (Å²) in [5.74, 6) is 0.434. The predicted octanol–water partition coefficient (Wildman–Crippen LogP) is 3.49. The zero-order chi connectivity index (χ0) is 14.7. The highest BCUT2D eigenvalue weighted by atomic mass is 32.1. The van der Waals surface area contributed by atoms with Gasteiger partial charge in [-0.25, -0.2) is 4.79 Å². The van der Waals surface area contributed by atoms with Crippen LogP contribution in [0.5, 0.6) is 5.75 Å². The van der Waals surface area contributed by atoms with Gasteiger partial charge in [-0.2, -0.15) is 0 Å². The van der Waals surface area contributed by atoms with E-state index < -0.39 is 0 Å². The van der Waals surface area contributed by atoms with Gasteiger partial charge in [0.2, 0.25) is 0 Å². The largest absolute Gasteiger partial charge is 0.497 e. The average molecular weight is 291 g/mol. The number of thiophene rings is 1. The maximum absolute atomic E-state index is 12.0. The summed E-state index contributed by atoms with van der Waals surface area (Å²) in [7, 11) is 1.62. The summed E-state index contributed by atoms with van der Waals surface area (Å²) in [5, 5.41) is 2.35. The molecule has 0 saturated heterocycles. The number of carbonyl (C=O) groups excluding carboxylic acids is 1. The lowest BCUT2D eigenvalue weighted by Crippen LogP contribution is -2.05. The fourth-order valence-corrected chi connectivity index (χ4v) is 2.85. The van der Waals surface area contributed by atoms with Gasteiger partial charge in [-0.1, -0.05) is 6.07 Å². The second kappa shape index (κ2) is 5.96. The third-order valence-corrected chi connectivity index (χ3v) is 3.83. The van der Waals surface area contributed by atoms with Gasteiger partial charge < -0.3 is 15.2 Å². The molecule has 0 amide bonds. The van der Waals surface area contributed by atoms with Gasteiger partial charge in [0.05, 0.1) is 24.3 Å². The average Bonchev–Trinajstić information content (AvgIpc) is 2.81. The molecule has 0 radical (unpaired) electrons. The predicted molar refractivity (Wildman–Crippen MR) is 81.4 cm³/mol. The topological polar surface area (TPSA) is 61.5 Å². The van der Waals surface area contributed by atoms with Crippen LogP contribution in [0.15, 0.2) is 23.6 Å². The summed E-state index contributed by atoms with van der Waals surface area (Å²) in [6.07, 6.45) is 0. The zero-order valence-corrected chi connectivity index (χ0v) is 12.5. The van der Waals surface area contributed by atoms with Gasteiger partial charge in [0.15, 0.2) is 0 Å². The Kier molecular flexibility index (Phi) is 4.29. The molecule has 0 aliphatic rings. The lowest BCUT2D eigenvalue weighted by atomic mass is 9.98. The van der Waals surface area contributed by atoms with E-state index in [-0.39, 0.29) is 5.97 Å². The Morgan fingerprint density at radius 1 is 1.40 bits per heavy atom. The van der Waals surface area contributed by atoms with Gasteiger partial charge in [-0.15, -0.1) is 11.3 Å². The van der Waals surface area contributed by atoms with Crippen molar-refractivity contribution in [3.8, 4) is 16.9 Å². The Hall–Kier alpha value is -2.01. The molecule has 20 heavy (non-hydrogen) atoms. The summed E-state index contributed by atoms with van der Waals surface area (Å²) in [6, 6.07) is 5.69. The molecule has 0 aliphatic carbocycles. The fraction of sp³-hybridized carbons (Fsp3) is 0.267. The molecule has 5 heteroatoms. The number of anilines is 1. The standard InChI is InChI=1S/C15H17NO3S/c1-4-19-15(17)12-8-20-14(16)13(12)11-6-5-10(18-3)7-9(11)2/h5-8H,4,16H2,1-3H3. The minimum atomic E-state index is -0.342. The minimum absolute atomic E-state index is 0.342. The first-order chi connectivity index (χ1) is 9.58. The summed E-state index contributed by atoms with van der Waals surface area (Å²) in [5.41, 5.74) is 9.21. The molecule has 1 aromatic carbocycles. The number of nitrogens with two attached hydrogens (primary N) is 1. The van der Waals surface area contributed by atoms with Crippen molar-refractivity contribution in [2.45, 2.75) is 13.8 Å². The number of carbonyl (C=O) groups is 1. The highest BCUT2D eigenvalue weighted by Crippen LogP contribution is 2.38. The van der Waals surface area contributed by atoms with E-state index in [2.05, 4.69) is 0 Å². The highest BCUT2D eigenvalue weighted by molar-refractivity contribution is 7.15. The van der Waals surface area contributed by atoms with Crippen LogP contribution in [0.1, 0.15) is 22.8 Å². The van der Waals surface area contributed by atoms with Crippen LogP contribution in [0.3, 0.4) is 0 Å². The number of aryl methyl sites for hydroxylation is 1. The van der Waals surface area contributed by atoms with Crippen molar-refractivity contribution >= 4 is 22.3 Å². The van der Waals surface area contributed by atoms with Crippen molar-refractivity contribution in [3.05, 3.63) is 34.7 Å². The van der Waals surface area contributed by atoms with Gasteiger partial charge in [-0.3, -0.25) is 0 Å². The molecule has 0 saturated carbocycles. The van der Waals surface area contributed by atoms with Crippen LogP contribution < -0.4 is 10.5 Å². The molecule has 0 spiro atoms. The van der Waals surface area contributed by atoms with Crippen LogP contribution in [0.4, 0.5) is 5.00 Å². The van der Waals surface area contributed by atoms with Gasteiger partial charge >= 0.3 is 5.97 Å². The van der Waals surface area contributed by atoms with E-state index in [0.29, 0.717) is 17.2 Å². The summed E-state index contributed by atoms with van der Waals surface area (Å²) in [4.78, 5) is 12.0. The van der Waals surface area contributed by atoms with E-state index in [0.717, 1.165) is 22.4 Å². The third kappa shape index (κ3) is 2.63. The molecule has 0 bridgehead atoms. The van der Waals surface area contributed by atoms with E-state index in [1.165, 1.54) is 11.3 Å². The van der Waals surface area contributed by atoms with Crippen LogP contribution in [0.2, 0.25) is 0 Å². The monoisotopic (exact) mass is 291 g/mol. The molecular weight excluding hydrogens is 274 g/mol. The van der Waals surface area contributed by atoms with Crippen molar-refractivity contribution < 1.29 is 14.3 Å². The van der Waals surface area contributed by atoms with Crippen molar-refractivity contribution in [2.75, 3.05) is 19.5 Å². The first kappa shape index (κ1) is 14.4. The quantitative estimate of drug-likeness (QED) is 0.876. The molecule has 1 aromatic heterocycles. The number of ether oxygens (including phenoxy) is 2. The minimum Gasteiger partial charge on any atom is -0.497 e. The second-order valence-electron chi connectivity index (χ2n) is 4.29. The number of rotatable bonds is 4. The molecule has 0 unspecified atom stereocenters. The van der Waals surface area contributed by atoms with Crippen LogP contribution >= 0.6 is 11.3 Å². The third-order valence-electron chi connectivity index (χ3n) is 3.02. The first-order valence-electron chi connectivity index (χ1n) is 6.27. The van der Waals surface area contributed by atoms with Crippen LogP contribution in [-0.2, 0) is 4.74 Å². The summed E-state index contributed by atoms with van der Waals surface area (Å²) in [6.45, 7) is 4.09. The normalized spacial score (nSPS) is 10.3. The number of methoxy groups -OCH3 is 1. The Morgan fingerprint density at radius 2 is 2.15 bits per heavy atom. The van der Waals surface area contributed by atoms with Gasteiger partial charge in [0.25, 0.3) is 0 Å². The van der Waals surface area contributed by atoms with E-state index in [9.17, 15) is 4.79 Å². The number of hydrogen-bond acceptors (Lipinski definition) is 5. The fourth-order valence-electron chi connectivity index (χ4n) is 2.05. The number of hydrogen-bond donors (Lipinski definition) is 1. The zero-order valence-electron chi connectivity index (χ0n) is 11.7. The van der Waals surface area contributed by atoms with E-state index >= 15 is 0 Å². The molecule has 2 rings (SSSR count). The van der Waals surface area contributed by atoms with Crippen LogP contribution in [0, 0.1) is 6.92 Å². The highest BCUT2D eigenvalue weighted by Gasteiger charge is 2.20. The lowest BCUT2D eigenvalue weighted by molar-refractivity contribution is 0.0528. The lowest BCUT2D eigenvalue weighted by Gasteiger charge is -2.10. The van der Waals surface area contributed by atoms with Crippen molar-refractivity contribution in [3.63, 3.8) is 0 Å². The Labute approximate surface area is 122 Å². The van der Waals surface area contributed by atoms with Crippen LogP contribution in [-0.4, -0.2) is 19.7 Å². The molecule has 0 fully saturated rings. The second-order valence-corrected chi connectivity index (χ2v) is 5.20. The van der Waals surface area contributed by atoms with Gasteiger partial charge in [0, 0.05) is 10.9 Å². The number of esters is 1. The molecule has 0 aliphatic heterocycles. The van der Waals surface area contributed by atoms with Crippen LogP contribution in [0.25, 0.3) is 11.1 Å². The Balaban J connectivity index is 2.52. The number of nitrogen functional groups attached to an aromatic ring is 1. The number of benzene rings is 1. The van der Waals surface area contributed by atoms with E-state index in [1.54, 1.807) is 19.4 Å². The molecular formula is C15H17NO3S. The summed E-state index contributed by atoms with van der Waals surface area (Å²) >= 11 is 1.34. The van der Waals surface area contributed by atoms with Crippen molar-refractivity contribution in [1.29, 1.82) is 0 Å². The maximum Gasteiger partial charge on any atom is 0.339 e. The Morgan fingerprint density at radius 3 is 2.75 bits per heavy atom. The molecule has 4 nitrogen and oxygen atoms in total.